The van der Waals surface area contributed by atoms with Gasteiger partial charge >= 0.3 is 0 Å². The summed E-state index contributed by atoms with van der Waals surface area (Å²) in [6.07, 6.45) is 1.89. The number of pyridine rings is 1. The molecule has 1 saturated heterocycles. The van der Waals surface area contributed by atoms with Gasteiger partial charge in [-0.25, -0.2) is 9.97 Å². The fraction of sp³-hybridized carbons (Fsp3) is 0.238. The van der Waals surface area contributed by atoms with E-state index in [0.717, 1.165) is 5.69 Å². The number of anilines is 4. The van der Waals surface area contributed by atoms with Crippen molar-refractivity contribution >= 4 is 52.4 Å². The van der Waals surface area contributed by atoms with E-state index in [-0.39, 0.29) is 21.7 Å². The molecule has 2 aromatic heterocycles. The number of halogens is 2. The third-order valence-electron chi connectivity index (χ3n) is 4.75. The van der Waals surface area contributed by atoms with Gasteiger partial charge in [-0.15, -0.1) is 0 Å². The second-order valence-corrected chi connectivity index (χ2v) is 8.00. The molecule has 1 aliphatic rings. The average molecular weight is 459 g/mol. The summed E-state index contributed by atoms with van der Waals surface area (Å²) < 4.78 is 0. The van der Waals surface area contributed by atoms with Crippen LogP contribution in [0.25, 0.3) is 0 Å². The van der Waals surface area contributed by atoms with Crippen LogP contribution in [-0.4, -0.2) is 45.2 Å². The maximum Gasteiger partial charge on any atom is 0.258 e. The molecule has 4 rings (SSSR count). The number of benzene rings is 1. The second-order valence-electron chi connectivity index (χ2n) is 7.19. The molecule has 0 radical (unpaired) electrons. The molecule has 10 heteroatoms. The number of amides is 1. The largest absolute Gasteiger partial charge is 0.391 e. The third kappa shape index (κ3) is 5.04. The molecule has 1 fully saturated rings. The van der Waals surface area contributed by atoms with E-state index in [1.165, 1.54) is 0 Å². The van der Waals surface area contributed by atoms with Crippen LogP contribution in [0.2, 0.25) is 10.0 Å². The summed E-state index contributed by atoms with van der Waals surface area (Å²) in [5, 5.41) is 16.2. The van der Waals surface area contributed by atoms with E-state index in [4.69, 9.17) is 23.2 Å². The summed E-state index contributed by atoms with van der Waals surface area (Å²) in [4.78, 5) is 27.9. The van der Waals surface area contributed by atoms with Gasteiger partial charge in [-0.3, -0.25) is 4.79 Å². The van der Waals surface area contributed by atoms with Gasteiger partial charge in [-0.1, -0.05) is 29.3 Å². The molecule has 0 saturated carbocycles. The number of hydrogen-bond acceptors (Lipinski definition) is 7. The lowest BCUT2D eigenvalue weighted by Gasteiger charge is -2.17. The van der Waals surface area contributed by atoms with Gasteiger partial charge in [0.05, 0.1) is 21.7 Å². The van der Waals surface area contributed by atoms with Gasteiger partial charge in [-0.2, -0.15) is 4.98 Å². The minimum atomic E-state index is -0.416. The quantitative estimate of drug-likeness (QED) is 0.529. The molecule has 1 atom stereocenters. The molecular formula is C21H20Cl2N6O2. The van der Waals surface area contributed by atoms with Crippen molar-refractivity contribution in [1.82, 2.24) is 15.0 Å². The number of β-amino-alcohol motifs (C(OH)–C–C–N with tert-alkyl or cyclic N) is 1. The van der Waals surface area contributed by atoms with Gasteiger partial charge in [0.15, 0.2) is 0 Å². The van der Waals surface area contributed by atoms with E-state index < -0.39 is 5.91 Å². The normalized spacial score (nSPS) is 15.7. The number of nitrogens with zero attached hydrogens (tertiary/aromatic N) is 4. The Balaban J connectivity index is 1.51. The summed E-state index contributed by atoms with van der Waals surface area (Å²) >= 11 is 12.2. The summed E-state index contributed by atoms with van der Waals surface area (Å²) in [5.74, 6) is 1.19. The van der Waals surface area contributed by atoms with Crippen LogP contribution in [0.1, 0.15) is 22.5 Å². The summed E-state index contributed by atoms with van der Waals surface area (Å²) in [7, 11) is 0. The monoisotopic (exact) mass is 458 g/mol. The molecule has 160 valence electrons. The van der Waals surface area contributed by atoms with E-state index in [1.54, 1.807) is 42.6 Å². The average Bonchev–Trinajstić information content (AvgIpc) is 3.14. The van der Waals surface area contributed by atoms with Crippen molar-refractivity contribution in [3.63, 3.8) is 0 Å². The van der Waals surface area contributed by atoms with Gasteiger partial charge in [0.25, 0.3) is 5.91 Å². The lowest BCUT2D eigenvalue weighted by Crippen LogP contribution is -2.23. The first-order chi connectivity index (χ1) is 14.9. The first-order valence-corrected chi connectivity index (χ1v) is 10.4. The molecule has 3 N–H and O–H groups in total. The molecule has 1 aromatic carbocycles. The van der Waals surface area contributed by atoms with E-state index in [2.05, 4.69) is 25.6 Å². The highest BCUT2D eigenvalue weighted by Gasteiger charge is 2.23. The van der Waals surface area contributed by atoms with Gasteiger partial charge in [0, 0.05) is 42.8 Å². The maximum absolute atomic E-state index is 12.6. The molecular weight excluding hydrogens is 439 g/mol. The van der Waals surface area contributed by atoms with Crippen molar-refractivity contribution in [2.45, 2.75) is 19.4 Å². The molecule has 31 heavy (non-hydrogen) atoms. The summed E-state index contributed by atoms with van der Waals surface area (Å²) in [6, 6.07) is 10.0. The Labute approximate surface area is 189 Å². The number of aliphatic hydroxyl groups excluding tert-OH is 1. The highest BCUT2D eigenvalue weighted by Crippen LogP contribution is 2.26. The summed E-state index contributed by atoms with van der Waals surface area (Å²) in [5.41, 5.74) is 1.51. The molecule has 1 amide bonds. The number of aryl methyl sites for hydroxylation is 1. The number of carbonyl (C=O) groups is 1. The number of nitrogens with one attached hydrogen (secondary N) is 2. The van der Waals surface area contributed by atoms with E-state index in [0.29, 0.717) is 42.8 Å². The fourth-order valence-electron chi connectivity index (χ4n) is 3.30. The van der Waals surface area contributed by atoms with E-state index >= 15 is 0 Å². The molecule has 1 unspecified atom stereocenters. The minimum Gasteiger partial charge on any atom is -0.391 e. The number of aromatic nitrogens is 3. The van der Waals surface area contributed by atoms with Crippen LogP contribution >= 0.6 is 23.2 Å². The molecule has 3 heterocycles. The molecule has 1 aliphatic heterocycles. The standard InChI is InChI=1S/C21H20Cl2N6O2/c1-12-9-18(28-21(25-12)29-8-6-14(30)11-29)27-17-10-13(5-7-24-17)26-20(31)19-15(22)3-2-4-16(19)23/h2-5,7,9-10,14,30H,6,8,11H2,1H3,(H2,24,25,26,27,28,31). The van der Waals surface area contributed by atoms with Crippen molar-refractivity contribution in [2.24, 2.45) is 0 Å². The Bertz CT molecular complexity index is 1110. The predicted octanol–water partition coefficient (Wildman–Crippen LogP) is 4.05. The lowest BCUT2D eigenvalue weighted by molar-refractivity contribution is 0.102. The highest BCUT2D eigenvalue weighted by molar-refractivity contribution is 6.40. The minimum absolute atomic E-state index is 0.209. The van der Waals surface area contributed by atoms with Crippen molar-refractivity contribution < 1.29 is 9.90 Å². The van der Waals surface area contributed by atoms with Crippen molar-refractivity contribution in [2.75, 3.05) is 28.6 Å². The van der Waals surface area contributed by atoms with Crippen LogP contribution in [0.15, 0.2) is 42.6 Å². The maximum atomic E-state index is 12.6. The topological polar surface area (TPSA) is 103 Å². The zero-order valence-corrected chi connectivity index (χ0v) is 18.2. The second kappa shape index (κ2) is 9.05. The fourth-order valence-corrected chi connectivity index (χ4v) is 3.87. The molecule has 0 aliphatic carbocycles. The highest BCUT2D eigenvalue weighted by atomic mass is 35.5. The zero-order chi connectivity index (χ0) is 22.0. The number of rotatable bonds is 5. The Kier molecular flexibility index (Phi) is 6.22. The third-order valence-corrected chi connectivity index (χ3v) is 5.38. The Morgan fingerprint density at radius 2 is 1.94 bits per heavy atom. The van der Waals surface area contributed by atoms with Crippen LogP contribution in [0, 0.1) is 6.92 Å². The SMILES string of the molecule is Cc1cc(Nc2cc(NC(=O)c3c(Cl)cccc3Cl)ccn2)nc(N2CCC(O)C2)n1. The van der Waals surface area contributed by atoms with Crippen molar-refractivity contribution in [3.05, 3.63) is 63.9 Å². The van der Waals surface area contributed by atoms with E-state index in [9.17, 15) is 9.90 Å². The van der Waals surface area contributed by atoms with Gasteiger partial charge in [0.2, 0.25) is 5.95 Å². The van der Waals surface area contributed by atoms with Crippen LogP contribution in [0.4, 0.5) is 23.3 Å². The summed E-state index contributed by atoms with van der Waals surface area (Å²) in [6.45, 7) is 3.09. The number of carbonyl (C=O) groups excluding carboxylic acids is 1. The van der Waals surface area contributed by atoms with Gasteiger partial charge < -0.3 is 20.6 Å². The smallest absolute Gasteiger partial charge is 0.258 e. The van der Waals surface area contributed by atoms with Crippen LogP contribution in [0.3, 0.4) is 0 Å². The Morgan fingerprint density at radius 3 is 2.65 bits per heavy atom. The zero-order valence-electron chi connectivity index (χ0n) is 16.6. The first-order valence-electron chi connectivity index (χ1n) is 9.66. The van der Waals surface area contributed by atoms with Crippen LogP contribution in [0.5, 0.6) is 0 Å². The molecule has 0 bridgehead atoms. The number of aliphatic hydroxyl groups is 1. The van der Waals surface area contributed by atoms with Crippen molar-refractivity contribution in [3.8, 4) is 0 Å². The first kappa shape index (κ1) is 21.3. The predicted molar refractivity (Wildman–Crippen MR) is 122 cm³/mol. The molecule has 0 spiro atoms. The number of hydrogen-bond donors (Lipinski definition) is 3. The van der Waals surface area contributed by atoms with E-state index in [1.807, 2.05) is 11.8 Å². The Morgan fingerprint density at radius 1 is 1.16 bits per heavy atom. The van der Waals surface area contributed by atoms with Crippen LogP contribution < -0.4 is 15.5 Å². The lowest BCUT2D eigenvalue weighted by atomic mass is 10.2. The van der Waals surface area contributed by atoms with Crippen molar-refractivity contribution in [1.29, 1.82) is 0 Å². The molecule has 8 nitrogen and oxygen atoms in total. The van der Waals surface area contributed by atoms with Gasteiger partial charge in [-0.05, 0) is 31.5 Å². The van der Waals surface area contributed by atoms with Gasteiger partial charge in [0.1, 0.15) is 11.6 Å². The van der Waals surface area contributed by atoms with Crippen LogP contribution in [-0.2, 0) is 0 Å². The Hall–Kier alpha value is -2.94. The molecule has 3 aromatic rings.